The maximum atomic E-state index is 12.6. The van der Waals surface area contributed by atoms with Gasteiger partial charge in [0.1, 0.15) is 12.6 Å². The van der Waals surface area contributed by atoms with Crippen molar-refractivity contribution in [2.45, 2.75) is 251 Å². The first-order chi connectivity index (χ1) is 27.6. The van der Waals surface area contributed by atoms with Gasteiger partial charge in [0, 0.05) is 12.8 Å². The number of carboxylic acid groups (broad SMARTS) is 1. The number of unbranched alkanes of at least 4 members (excludes halogenated alkanes) is 31. The SMILES string of the molecule is CCCCCCCCCCCCCCCCCCCCCCCC(=O)OC[C@@H](COP(=O)(O)OC[C@H](N)C(=O)O)OC(=O)CCCCCCCCCCCCCC. The lowest BCUT2D eigenvalue weighted by atomic mass is 10.0. The van der Waals surface area contributed by atoms with E-state index in [0.29, 0.717) is 12.8 Å². The van der Waals surface area contributed by atoms with Crippen LogP contribution in [0.4, 0.5) is 0 Å². The van der Waals surface area contributed by atoms with Crippen LogP contribution in [0.5, 0.6) is 0 Å². The molecule has 0 aromatic carbocycles. The summed E-state index contributed by atoms with van der Waals surface area (Å²) in [4.78, 5) is 46.0. The Balaban J connectivity index is 4.18. The molecule has 0 aliphatic rings. The van der Waals surface area contributed by atoms with Crippen molar-refractivity contribution < 1.29 is 47.5 Å². The van der Waals surface area contributed by atoms with Gasteiger partial charge in [-0.25, -0.2) is 4.57 Å². The lowest BCUT2D eigenvalue weighted by Gasteiger charge is -2.20. The van der Waals surface area contributed by atoms with E-state index >= 15 is 0 Å². The summed E-state index contributed by atoms with van der Waals surface area (Å²) in [5.74, 6) is -2.36. The third kappa shape index (κ3) is 41.0. The summed E-state index contributed by atoms with van der Waals surface area (Å²) >= 11 is 0. The number of phosphoric acid groups is 1. The normalized spacial score (nSPS) is 13.6. The first-order valence-electron chi connectivity index (χ1n) is 23.6. The van der Waals surface area contributed by atoms with E-state index in [1.807, 2.05) is 0 Å². The number of carboxylic acids is 1. The summed E-state index contributed by atoms with van der Waals surface area (Å²) in [7, 11) is -4.71. The van der Waals surface area contributed by atoms with Crippen LogP contribution >= 0.6 is 7.82 Å². The van der Waals surface area contributed by atoms with E-state index in [1.165, 1.54) is 161 Å². The smallest absolute Gasteiger partial charge is 0.472 e. The van der Waals surface area contributed by atoms with Gasteiger partial charge >= 0.3 is 25.7 Å². The Morgan fingerprint density at radius 2 is 0.772 bits per heavy atom. The van der Waals surface area contributed by atoms with Crippen LogP contribution in [0.15, 0.2) is 0 Å². The second kappa shape index (κ2) is 41.2. The quantitative estimate of drug-likeness (QED) is 0.0303. The van der Waals surface area contributed by atoms with Crippen LogP contribution in [-0.4, -0.2) is 59.9 Å². The van der Waals surface area contributed by atoms with Gasteiger partial charge in [0.15, 0.2) is 6.10 Å². The maximum absolute atomic E-state index is 12.6. The van der Waals surface area contributed by atoms with E-state index < -0.39 is 51.1 Å². The molecule has 0 saturated heterocycles. The number of phosphoric ester groups is 1. The molecule has 0 fully saturated rings. The Kier molecular flexibility index (Phi) is 40.1. The molecule has 0 radical (unpaired) electrons. The predicted octanol–water partition coefficient (Wildman–Crippen LogP) is 12.7. The standard InChI is InChI=1S/C45H88NO10P/c1-3-5-7-9-11-13-15-17-18-19-20-21-22-23-24-25-27-28-30-32-34-36-43(47)53-38-41(39-54-57(51,52)55-40-42(46)45(49)50)56-44(48)37-35-33-31-29-26-16-14-12-10-8-6-4-2/h41-42H,3-40,46H2,1-2H3,(H,49,50)(H,51,52)/t41-,42-/m0/s1. The molecule has 0 rings (SSSR count). The summed E-state index contributed by atoms with van der Waals surface area (Å²) in [5.41, 5.74) is 5.34. The Labute approximate surface area is 348 Å². The van der Waals surface area contributed by atoms with Gasteiger partial charge in [-0.3, -0.25) is 23.4 Å². The number of hydrogen-bond donors (Lipinski definition) is 3. The maximum Gasteiger partial charge on any atom is 0.472 e. The van der Waals surface area contributed by atoms with Crippen molar-refractivity contribution in [3.8, 4) is 0 Å². The van der Waals surface area contributed by atoms with E-state index in [9.17, 15) is 23.8 Å². The molecule has 0 aromatic rings. The Morgan fingerprint density at radius 1 is 0.474 bits per heavy atom. The monoisotopic (exact) mass is 834 g/mol. The van der Waals surface area contributed by atoms with Crippen molar-refractivity contribution in [2.75, 3.05) is 19.8 Å². The molecule has 0 heterocycles. The Bertz CT molecular complexity index is 984. The fraction of sp³-hybridized carbons (Fsp3) is 0.933. The van der Waals surface area contributed by atoms with Crippen molar-refractivity contribution >= 4 is 25.7 Å². The minimum absolute atomic E-state index is 0.169. The number of nitrogens with two attached hydrogens (primary N) is 1. The third-order valence-corrected chi connectivity index (χ3v) is 11.6. The molecular weight excluding hydrogens is 745 g/mol. The van der Waals surface area contributed by atoms with Gasteiger partial charge in [-0.1, -0.05) is 213 Å². The van der Waals surface area contributed by atoms with Crippen molar-refractivity contribution in [1.29, 1.82) is 0 Å². The summed E-state index contributed by atoms with van der Waals surface area (Å²) < 4.78 is 32.7. The van der Waals surface area contributed by atoms with Crippen molar-refractivity contribution in [3.05, 3.63) is 0 Å². The van der Waals surface area contributed by atoms with Crippen LogP contribution < -0.4 is 5.73 Å². The molecular formula is C45H88NO10P. The van der Waals surface area contributed by atoms with E-state index in [0.717, 1.165) is 38.5 Å². The fourth-order valence-corrected chi connectivity index (χ4v) is 7.67. The van der Waals surface area contributed by atoms with Gasteiger partial charge in [-0.05, 0) is 12.8 Å². The summed E-state index contributed by atoms with van der Waals surface area (Å²) in [6.45, 7) is 2.84. The highest BCUT2D eigenvalue weighted by Crippen LogP contribution is 2.43. The average Bonchev–Trinajstić information content (AvgIpc) is 3.19. The van der Waals surface area contributed by atoms with Crippen LogP contribution in [0.25, 0.3) is 0 Å². The molecule has 1 unspecified atom stereocenters. The highest BCUT2D eigenvalue weighted by atomic mass is 31.2. The van der Waals surface area contributed by atoms with E-state index in [-0.39, 0.29) is 19.4 Å². The number of hydrogen-bond acceptors (Lipinski definition) is 9. The molecule has 0 aliphatic carbocycles. The topological polar surface area (TPSA) is 172 Å². The van der Waals surface area contributed by atoms with Gasteiger partial charge in [0.05, 0.1) is 13.2 Å². The number of esters is 2. The van der Waals surface area contributed by atoms with Crippen LogP contribution in [0.2, 0.25) is 0 Å². The molecule has 3 atom stereocenters. The van der Waals surface area contributed by atoms with Gasteiger partial charge < -0.3 is 25.2 Å². The molecule has 11 nitrogen and oxygen atoms in total. The summed E-state index contributed by atoms with van der Waals surface area (Å²) in [6.07, 6.45) is 40.3. The molecule has 0 aromatic heterocycles. The lowest BCUT2D eigenvalue weighted by Crippen LogP contribution is -2.34. The van der Waals surface area contributed by atoms with Crippen molar-refractivity contribution in [3.63, 3.8) is 0 Å². The van der Waals surface area contributed by atoms with Crippen LogP contribution in [0.1, 0.15) is 239 Å². The van der Waals surface area contributed by atoms with E-state index in [1.54, 1.807) is 0 Å². The zero-order valence-corrected chi connectivity index (χ0v) is 37.6. The van der Waals surface area contributed by atoms with Crippen LogP contribution in [0, 0.1) is 0 Å². The minimum Gasteiger partial charge on any atom is -0.480 e. The summed E-state index contributed by atoms with van der Waals surface area (Å²) in [6, 6.07) is -1.52. The predicted molar refractivity (Wildman–Crippen MR) is 231 cm³/mol. The van der Waals surface area contributed by atoms with Crippen LogP contribution in [0.3, 0.4) is 0 Å². The molecule has 338 valence electrons. The second-order valence-corrected chi connectivity index (χ2v) is 17.7. The van der Waals surface area contributed by atoms with Gasteiger partial charge in [0.2, 0.25) is 0 Å². The molecule has 0 bridgehead atoms. The van der Waals surface area contributed by atoms with Gasteiger partial charge in [0.25, 0.3) is 0 Å². The number of ether oxygens (including phenoxy) is 2. The van der Waals surface area contributed by atoms with E-state index in [2.05, 4.69) is 18.4 Å². The Hall–Kier alpha value is -1.52. The molecule has 4 N–H and O–H groups in total. The lowest BCUT2D eigenvalue weighted by molar-refractivity contribution is -0.161. The Morgan fingerprint density at radius 3 is 1.11 bits per heavy atom. The fourth-order valence-electron chi connectivity index (χ4n) is 6.89. The third-order valence-electron chi connectivity index (χ3n) is 10.6. The zero-order valence-electron chi connectivity index (χ0n) is 36.7. The minimum atomic E-state index is -4.71. The number of rotatable bonds is 45. The van der Waals surface area contributed by atoms with Crippen molar-refractivity contribution in [1.82, 2.24) is 0 Å². The molecule has 0 amide bonds. The zero-order chi connectivity index (χ0) is 42.1. The number of carbonyl (C=O) groups is 3. The van der Waals surface area contributed by atoms with Gasteiger partial charge in [-0.15, -0.1) is 0 Å². The highest BCUT2D eigenvalue weighted by Gasteiger charge is 2.28. The van der Waals surface area contributed by atoms with Crippen molar-refractivity contribution in [2.24, 2.45) is 5.73 Å². The molecule has 0 aliphatic heterocycles. The molecule has 12 heteroatoms. The van der Waals surface area contributed by atoms with E-state index in [4.69, 9.17) is 24.8 Å². The first kappa shape index (κ1) is 55.5. The summed E-state index contributed by atoms with van der Waals surface area (Å²) in [5, 5.41) is 8.89. The molecule has 0 saturated carbocycles. The molecule has 0 spiro atoms. The highest BCUT2D eigenvalue weighted by molar-refractivity contribution is 7.47. The van der Waals surface area contributed by atoms with Gasteiger partial charge in [-0.2, -0.15) is 0 Å². The largest absolute Gasteiger partial charge is 0.480 e. The molecule has 57 heavy (non-hydrogen) atoms. The van der Waals surface area contributed by atoms with Crippen LogP contribution in [-0.2, 0) is 37.5 Å². The first-order valence-corrected chi connectivity index (χ1v) is 25.1. The average molecular weight is 834 g/mol. The second-order valence-electron chi connectivity index (χ2n) is 16.3. The number of carbonyl (C=O) groups excluding carboxylic acids is 2. The number of aliphatic carboxylic acids is 1.